The van der Waals surface area contributed by atoms with Crippen LogP contribution in [0.5, 0.6) is 0 Å². The maximum absolute atomic E-state index is 13.2. The zero-order chi connectivity index (χ0) is 13.0. The second-order valence-electron chi connectivity index (χ2n) is 5.44. The molecule has 0 aromatic heterocycles. The molecule has 1 atom stereocenters. The summed E-state index contributed by atoms with van der Waals surface area (Å²) < 4.78 is 13.2. The molecule has 2 rings (SSSR count). The van der Waals surface area contributed by atoms with Crippen molar-refractivity contribution in [2.24, 2.45) is 5.73 Å². The molecule has 1 unspecified atom stereocenters. The van der Waals surface area contributed by atoms with Crippen LogP contribution in [0.15, 0.2) is 24.3 Å². The number of likely N-dealkylation sites (N-methyl/N-ethyl adjacent to an activating group) is 1. The van der Waals surface area contributed by atoms with Crippen LogP contribution in [0.4, 0.5) is 4.39 Å². The van der Waals surface area contributed by atoms with E-state index >= 15 is 0 Å². The minimum Gasteiger partial charge on any atom is -0.329 e. The van der Waals surface area contributed by atoms with E-state index in [0.717, 1.165) is 31.4 Å². The lowest BCUT2D eigenvalue weighted by atomic mass is 9.82. The molecule has 1 fully saturated rings. The average molecular weight is 250 g/mol. The highest BCUT2D eigenvalue weighted by Crippen LogP contribution is 2.30. The van der Waals surface area contributed by atoms with Crippen LogP contribution in [-0.4, -0.2) is 30.6 Å². The third-order valence-electron chi connectivity index (χ3n) is 4.34. The van der Waals surface area contributed by atoms with Crippen molar-refractivity contribution < 1.29 is 4.39 Å². The van der Waals surface area contributed by atoms with Gasteiger partial charge in [-0.3, -0.25) is 4.90 Å². The van der Waals surface area contributed by atoms with Gasteiger partial charge in [-0.2, -0.15) is 0 Å². The normalized spacial score (nSPS) is 25.3. The van der Waals surface area contributed by atoms with Gasteiger partial charge in [-0.25, -0.2) is 4.39 Å². The maximum atomic E-state index is 13.2. The zero-order valence-electron chi connectivity index (χ0n) is 11.2. The van der Waals surface area contributed by atoms with Gasteiger partial charge in [0.2, 0.25) is 0 Å². The minimum atomic E-state index is -0.147. The Morgan fingerprint density at radius 2 is 2.22 bits per heavy atom. The van der Waals surface area contributed by atoms with Crippen molar-refractivity contribution in [3.8, 4) is 0 Å². The van der Waals surface area contributed by atoms with E-state index in [1.807, 2.05) is 6.07 Å². The second kappa shape index (κ2) is 5.81. The van der Waals surface area contributed by atoms with Crippen molar-refractivity contribution in [1.82, 2.24) is 4.90 Å². The molecule has 3 heteroatoms. The van der Waals surface area contributed by atoms with E-state index in [-0.39, 0.29) is 11.4 Å². The van der Waals surface area contributed by atoms with E-state index < -0.39 is 0 Å². The van der Waals surface area contributed by atoms with Gasteiger partial charge in [0.25, 0.3) is 0 Å². The van der Waals surface area contributed by atoms with Gasteiger partial charge in [0, 0.05) is 12.1 Å². The van der Waals surface area contributed by atoms with Crippen LogP contribution >= 0.6 is 0 Å². The molecule has 100 valence electrons. The fourth-order valence-corrected chi connectivity index (χ4v) is 2.98. The molecule has 0 amide bonds. The maximum Gasteiger partial charge on any atom is 0.123 e. The zero-order valence-corrected chi connectivity index (χ0v) is 11.2. The molecule has 18 heavy (non-hydrogen) atoms. The summed E-state index contributed by atoms with van der Waals surface area (Å²) in [6, 6.07) is 6.91. The van der Waals surface area contributed by atoms with Crippen molar-refractivity contribution in [3.05, 3.63) is 35.6 Å². The predicted molar refractivity (Wildman–Crippen MR) is 73.0 cm³/mol. The molecule has 2 N–H and O–H groups in total. The van der Waals surface area contributed by atoms with Gasteiger partial charge in [0.1, 0.15) is 5.82 Å². The fraction of sp³-hybridized carbons (Fsp3) is 0.600. The topological polar surface area (TPSA) is 29.3 Å². The number of hydrogen-bond acceptors (Lipinski definition) is 2. The summed E-state index contributed by atoms with van der Waals surface area (Å²) in [5.74, 6) is -0.147. The summed E-state index contributed by atoms with van der Waals surface area (Å²) in [6.45, 7) is 1.82. The number of piperidine rings is 1. The summed E-state index contributed by atoms with van der Waals surface area (Å²) in [4.78, 5) is 2.40. The van der Waals surface area contributed by atoms with Crippen LogP contribution in [0.2, 0.25) is 0 Å². The number of rotatable bonds is 4. The van der Waals surface area contributed by atoms with Crippen LogP contribution in [0.25, 0.3) is 0 Å². The van der Waals surface area contributed by atoms with Crippen LogP contribution in [0.3, 0.4) is 0 Å². The van der Waals surface area contributed by atoms with E-state index in [1.165, 1.54) is 18.9 Å². The number of likely N-dealkylation sites (tertiary alicyclic amines) is 1. The largest absolute Gasteiger partial charge is 0.329 e. The second-order valence-corrected chi connectivity index (χ2v) is 5.44. The van der Waals surface area contributed by atoms with Crippen molar-refractivity contribution in [3.63, 3.8) is 0 Å². The summed E-state index contributed by atoms with van der Waals surface area (Å²) in [6.07, 6.45) is 5.60. The van der Waals surface area contributed by atoms with Gasteiger partial charge < -0.3 is 5.73 Å². The molecule has 1 aromatic rings. The number of hydrogen-bond donors (Lipinski definition) is 1. The third-order valence-corrected chi connectivity index (χ3v) is 4.34. The number of benzene rings is 1. The molecular formula is C15H23FN2. The Bertz CT molecular complexity index is 394. The quantitative estimate of drug-likeness (QED) is 0.890. The summed E-state index contributed by atoms with van der Waals surface area (Å²) >= 11 is 0. The summed E-state index contributed by atoms with van der Waals surface area (Å²) in [5, 5.41) is 0. The lowest BCUT2D eigenvalue weighted by molar-refractivity contribution is 0.0722. The molecule has 0 saturated carbocycles. The SMILES string of the molecule is CN1CCCCC1(CN)CCc1cccc(F)c1. The van der Waals surface area contributed by atoms with E-state index in [1.54, 1.807) is 12.1 Å². The number of aryl methyl sites for hydroxylation is 1. The molecule has 1 aromatic carbocycles. The van der Waals surface area contributed by atoms with Gasteiger partial charge >= 0.3 is 0 Å². The molecule has 1 heterocycles. The van der Waals surface area contributed by atoms with Crippen LogP contribution in [0, 0.1) is 5.82 Å². The van der Waals surface area contributed by atoms with Gasteiger partial charge in [-0.05, 0) is 57.0 Å². The molecular weight excluding hydrogens is 227 g/mol. The Labute approximate surface area is 109 Å². The molecule has 1 aliphatic heterocycles. The fourth-order valence-electron chi connectivity index (χ4n) is 2.98. The van der Waals surface area contributed by atoms with Crippen LogP contribution < -0.4 is 5.73 Å². The summed E-state index contributed by atoms with van der Waals surface area (Å²) in [5.41, 5.74) is 7.19. The standard InChI is InChI=1S/C15H23FN2/c1-18-10-3-2-8-15(18,12-17)9-7-13-5-4-6-14(16)11-13/h4-6,11H,2-3,7-10,12,17H2,1H3. The van der Waals surface area contributed by atoms with Crippen molar-refractivity contribution in [2.45, 2.75) is 37.6 Å². The first kappa shape index (κ1) is 13.5. The van der Waals surface area contributed by atoms with Gasteiger partial charge in [-0.1, -0.05) is 18.6 Å². The molecule has 0 spiro atoms. The molecule has 2 nitrogen and oxygen atoms in total. The van der Waals surface area contributed by atoms with E-state index in [0.29, 0.717) is 6.54 Å². The average Bonchev–Trinajstić information content (AvgIpc) is 2.38. The summed E-state index contributed by atoms with van der Waals surface area (Å²) in [7, 11) is 2.16. The molecule has 0 bridgehead atoms. The molecule has 0 radical (unpaired) electrons. The first-order valence-electron chi connectivity index (χ1n) is 6.82. The van der Waals surface area contributed by atoms with E-state index in [4.69, 9.17) is 5.73 Å². The Morgan fingerprint density at radius 3 is 2.89 bits per heavy atom. The van der Waals surface area contributed by atoms with Crippen molar-refractivity contribution >= 4 is 0 Å². The lowest BCUT2D eigenvalue weighted by Crippen LogP contribution is -2.54. The smallest absolute Gasteiger partial charge is 0.123 e. The van der Waals surface area contributed by atoms with Crippen LogP contribution in [-0.2, 0) is 6.42 Å². The Balaban J connectivity index is 2.02. The predicted octanol–water partition coefficient (Wildman–Crippen LogP) is 2.57. The molecule has 1 aliphatic rings. The molecule has 1 saturated heterocycles. The van der Waals surface area contributed by atoms with Gasteiger partial charge in [-0.15, -0.1) is 0 Å². The van der Waals surface area contributed by atoms with Crippen molar-refractivity contribution in [1.29, 1.82) is 0 Å². The Kier molecular flexibility index (Phi) is 4.36. The Hall–Kier alpha value is -0.930. The van der Waals surface area contributed by atoms with Gasteiger partial charge in [0.15, 0.2) is 0 Å². The van der Waals surface area contributed by atoms with Crippen LogP contribution in [0.1, 0.15) is 31.2 Å². The highest BCUT2D eigenvalue weighted by molar-refractivity contribution is 5.17. The van der Waals surface area contributed by atoms with Gasteiger partial charge in [0.05, 0.1) is 0 Å². The van der Waals surface area contributed by atoms with Crippen molar-refractivity contribution in [2.75, 3.05) is 20.1 Å². The molecule has 0 aliphatic carbocycles. The third kappa shape index (κ3) is 2.90. The lowest BCUT2D eigenvalue weighted by Gasteiger charge is -2.45. The number of nitrogens with zero attached hydrogens (tertiary/aromatic N) is 1. The first-order valence-corrected chi connectivity index (χ1v) is 6.82. The minimum absolute atomic E-state index is 0.116. The van der Waals surface area contributed by atoms with E-state index in [2.05, 4.69) is 11.9 Å². The number of halogens is 1. The Morgan fingerprint density at radius 1 is 1.39 bits per heavy atom. The highest BCUT2D eigenvalue weighted by atomic mass is 19.1. The number of nitrogens with two attached hydrogens (primary N) is 1. The van der Waals surface area contributed by atoms with E-state index in [9.17, 15) is 4.39 Å². The highest BCUT2D eigenvalue weighted by Gasteiger charge is 2.34. The monoisotopic (exact) mass is 250 g/mol. The first-order chi connectivity index (χ1) is 8.66.